The lowest BCUT2D eigenvalue weighted by atomic mass is 9.84. The molecule has 11 amide bonds. The summed E-state index contributed by atoms with van der Waals surface area (Å²) >= 11 is 6.10. The first-order valence-electron chi connectivity index (χ1n) is 31.7. The summed E-state index contributed by atoms with van der Waals surface area (Å²) in [5.41, 5.74) is -2.48. The molecule has 1 saturated carbocycles. The summed E-state index contributed by atoms with van der Waals surface area (Å²) in [5.74, 6) is -7.97. The molecule has 0 unspecified atom stereocenters. The maximum atomic E-state index is 14.8. The van der Waals surface area contributed by atoms with Gasteiger partial charge in [-0.3, -0.25) is 52.7 Å². The number of nitrogens with zero attached hydrogens (tertiary/aromatic N) is 7. The van der Waals surface area contributed by atoms with Gasteiger partial charge in [0.15, 0.2) is 0 Å². The van der Waals surface area contributed by atoms with E-state index in [1.54, 1.807) is 27.7 Å². The third-order valence-corrected chi connectivity index (χ3v) is 19.0. The fraction of sp³-hybridized carbons (Fsp3) is 0.734. The molecule has 506 valence electrons. The highest BCUT2D eigenvalue weighted by molar-refractivity contribution is 6.31. The van der Waals surface area contributed by atoms with Crippen molar-refractivity contribution in [1.82, 2.24) is 55.6 Å². The van der Waals surface area contributed by atoms with Crippen molar-refractivity contribution in [2.45, 2.75) is 226 Å². The van der Waals surface area contributed by atoms with Crippen molar-refractivity contribution in [3.8, 4) is 0 Å². The number of carbonyl (C=O) groups is 11. The Morgan fingerprint density at radius 3 is 1.77 bits per heavy atom. The Kier molecular flexibility index (Phi) is 27.5. The van der Waals surface area contributed by atoms with Crippen LogP contribution < -0.4 is 21.3 Å². The van der Waals surface area contributed by atoms with Gasteiger partial charge in [-0.25, -0.2) is 0 Å². The number of aryl methyl sites for hydroxylation is 1. The first kappa shape index (κ1) is 75.9. The van der Waals surface area contributed by atoms with Crippen molar-refractivity contribution in [3.05, 3.63) is 34.3 Å². The molecule has 22 nitrogen and oxygen atoms in total. The van der Waals surface area contributed by atoms with E-state index in [1.165, 1.54) is 101 Å². The summed E-state index contributed by atoms with van der Waals surface area (Å²) in [7, 11) is 8.54. The van der Waals surface area contributed by atoms with Gasteiger partial charge in [0.1, 0.15) is 53.9 Å². The minimum Gasteiger partial charge on any atom is -0.343 e. The summed E-state index contributed by atoms with van der Waals surface area (Å²) in [6.07, 6.45) is 0.136. The number of alkyl halides is 3. The second-order valence-corrected chi connectivity index (χ2v) is 27.1. The molecule has 10 atom stereocenters. The normalized spacial score (nSPS) is 27.1. The van der Waals surface area contributed by atoms with Crippen LogP contribution in [0.2, 0.25) is 5.02 Å². The van der Waals surface area contributed by atoms with Crippen molar-refractivity contribution < 1.29 is 65.9 Å². The van der Waals surface area contributed by atoms with E-state index >= 15 is 0 Å². The van der Waals surface area contributed by atoms with Gasteiger partial charge >= 0.3 is 6.18 Å². The number of halogens is 4. The Bertz CT molecular complexity index is 2760. The molecule has 4 N–H and O–H groups in total. The molecule has 0 radical (unpaired) electrons. The minimum absolute atomic E-state index is 0.0293. The maximum Gasteiger partial charge on any atom is 0.417 e. The van der Waals surface area contributed by atoms with Crippen LogP contribution in [0.1, 0.15) is 164 Å². The zero-order valence-corrected chi connectivity index (χ0v) is 56.7. The molecular weight excluding hydrogens is 1190 g/mol. The van der Waals surface area contributed by atoms with Crippen LogP contribution in [0.5, 0.6) is 0 Å². The van der Waals surface area contributed by atoms with E-state index in [2.05, 4.69) is 21.3 Å². The summed E-state index contributed by atoms with van der Waals surface area (Å²) in [6, 6.07) is -7.12. The molecule has 0 aromatic heterocycles. The third-order valence-electron chi connectivity index (χ3n) is 18.7. The highest BCUT2D eigenvalue weighted by Crippen LogP contribution is 2.36. The van der Waals surface area contributed by atoms with Crippen LogP contribution in [-0.2, 0) is 65.3 Å². The molecule has 2 saturated heterocycles. The van der Waals surface area contributed by atoms with Gasteiger partial charge in [0, 0.05) is 61.3 Å². The molecule has 2 heterocycles. The van der Waals surface area contributed by atoms with Crippen LogP contribution in [0.3, 0.4) is 0 Å². The molecule has 1 aromatic carbocycles. The molecule has 4 rings (SSSR count). The van der Waals surface area contributed by atoms with E-state index < -0.39 is 154 Å². The smallest absolute Gasteiger partial charge is 0.343 e. The number of fused-ring (bicyclic) bond motifs is 1. The number of hydrogen-bond acceptors (Lipinski definition) is 11. The van der Waals surface area contributed by atoms with E-state index in [0.29, 0.717) is 6.42 Å². The van der Waals surface area contributed by atoms with Crippen LogP contribution in [0, 0.1) is 23.7 Å². The Morgan fingerprint density at radius 1 is 0.644 bits per heavy atom. The second-order valence-electron chi connectivity index (χ2n) is 26.7. The van der Waals surface area contributed by atoms with Crippen molar-refractivity contribution >= 4 is 76.6 Å². The van der Waals surface area contributed by atoms with Crippen LogP contribution >= 0.6 is 11.6 Å². The highest BCUT2D eigenvalue weighted by atomic mass is 35.5. The predicted octanol–water partition coefficient (Wildman–Crippen LogP) is 5.41. The lowest BCUT2D eigenvalue weighted by molar-refractivity contribution is -0.160. The van der Waals surface area contributed by atoms with Crippen molar-refractivity contribution in [2.24, 2.45) is 23.7 Å². The molecule has 1 aliphatic carbocycles. The first-order valence-corrected chi connectivity index (χ1v) is 32.1. The Morgan fingerprint density at radius 2 is 1.23 bits per heavy atom. The van der Waals surface area contributed by atoms with E-state index in [9.17, 15) is 65.9 Å². The van der Waals surface area contributed by atoms with E-state index in [4.69, 9.17) is 11.6 Å². The zero-order chi connectivity index (χ0) is 68.2. The van der Waals surface area contributed by atoms with E-state index in [0.717, 1.165) is 54.0 Å². The number of amides is 11. The molecule has 2 aliphatic heterocycles. The number of rotatable bonds is 11. The topological polar surface area (TPSA) is 259 Å². The standard InChI is InChI=1S/C64H101ClF3N11O11/c1-18-38(6)53-61(89)76(15)41(9)56(84)79-29-28-49(79)60(88)77(16)50(34-42-22-20-19-21-23-42)59(87)73(12)35-51(80)69-46(27-25-43-24-26-44(45(65)33-43)64(66,67)68)55(83)70-48(31-37(4)5)58(86)78(17)63(10,11)62(90)71-47(30-36(2)3)57(85)74(13)39(7)32-52(81)75(14)40(8)54(82)72-53/h24,26,33,36-42,46-50,53H,18-23,25,27-32,34-35H2,1-17H3,(H,69,80)(H,70,83)(H,71,90)(H,72,82)/t38-,39+,40-,41-,46-,47-,48-,49-,50-,53-/m0/s1. The van der Waals surface area contributed by atoms with Gasteiger partial charge in [0.05, 0.1) is 17.1 Å². The molecular formula is C64H101ClF3N11O11. The van der Waals surface area contributed by atoms with Crippen LogP contribution in [0.4, 0.5) is 13.2 Å². The average Bonchev–Trinajstić information content (AvgIpc) is 0.813. The third kappa shape index (κ3) is 19.5. The fourth-order valence-electron chi connectivity index (χ4n) is 11.6. The van der Waals surface area contributed by atoms with Gasteiger partial charge in [-0.1, -0.05) is 97.7 Å². The number of carbonyl (C=O) groups excluding carboxylic acids is 11. The molecule has 26 heteroatoms. The number of nitrogens with one attached hydrogen (secondary N) is 4. The number of hydrogen-bond donors (Lipinski definition) is 4. The minimum atomic E-state index is -4.76. The largest absolute Gasteiger partial charge is 0.417 e. The van der Waals surface area contributed by atoms with Gasteiger partial charge in [-0.05, 0) is 115 Å². The summed E-state index contributed by atoms with van der Waals surface area (Å²) < 4.78 is 41.3. The molecule has 90 heavy (non-hydrogen) atoms. The molecule has 1 aromatic rings. The Labute approximate surface area is 535 Å². The Balaban J connectivity index is 1.82. The van der Waals surface area contributed by atoms with Crippen LogP contribution in [-0.4, -0.2) is 215 Å². The van der Waals surface area contributed by atoms with E-state index in [1.807, 2.05) is 20.8 Å². The quantitative estimate of drug-likeness (QED) is 0.218. The second kappa shape index (κ2) is 32.7. The van der Waals surface area contributed by atoms with Crippen LogP contribution in [0.15, 0.2) is 18.2 Å². The predicted molar refractivity (Wildman–Crippen MR) is 335 cm³/mol. The van der Waals surface area contributed by atoms with Crippen LogP contribution in [0.25, 0.3) is 0 Å². The van der Waals surface area contributed by atoms with Gasteiger partial charge in [-0.15, -0.1) is 0 Å². The monoisotopic (exact) mass is 1290 g/mol. The molecule has 0 bridgehead atoms. The fourth-order valence-corrected chi connectivity index (χ4v) is 11.9. The van der Waals surface area contributed by atoms with Gasteiger partial charge in [-0.2, -0.15) is 13.2 Å². The maximum absolute atomic E-state index is 14.8. The number of likely N-dealkylation sites (N-methyl/N-ethyl adjacent to an activating group) is 6. The lowest BCUT2D eigenvalue weighted by Gasteiger charge is -2.45. The Hall–Kier alpha value is -6.53. The van der Waals surface area contributed by atoms with Crippen molar-refractivity contribution in [1.29, 1.82) is 0 Å². The van der Waals surface area contributed by atoms with Gasteiger partial charge in [0.2, 0.25) is 65.0 Å². The van der Waals surface area contributed by atoms with Crippen molar-refractivity contribution in [2.75, 3.05) is 55.4 Å². The summed E-state index contributed by atoms with van der Waals surface area (Å²) in [5, 5.41) is 10.5. The van der Waals surface area contributed by atoms with Gasteiger partial charge in [0.25, 0.3) is 0 Å². The lowest BCUT2D eigenvalue weighted by Crippen LogP contribution is -2.65. The first-order chi connectivity index (χ1) is 41.8. The summed E-state index contributed by atoms with van der Waals surface area (Å²) in [6.45, 7) is 18.0. The molecule has 3 aliphatic rings. The van der Waals surface area contributed by atoms with E-state index in [-0.39, 0.29) is 74.8 Å². The summed E-state index contributed by atoms with van der Waals surface area (Å²) in [4.78, 5) is 168. The number of benzene rings is 1. The van der Waals surface area contributed by atoms with Gasteiger partial charge < -0.3 is 55.6 Å². The van der Waals surface area contributed by atoms with Crippen molar-refractivity contribution in [3.63, 3.8) is 0 Å². The highest BCUT2D eigenvalue weighted by Gasteiger charge is 2.47. The molecule has 3 fully saturated rings. The SMILES string of the molecule is CC[C@H](C)[C@@H]1NC(=O)[C@H](C)N(C)C(=O)C[C@@H](C)N(C)C(=O)[C@H](CC(C)C)NC(=O)C(C)(C)N(C)C(=O)[C@H](CC(C)C)NC(=O)[C@H](CCc2ccc(C(F)(F)F)c(Cl)c2)NC(=O)CN(C)C(=O)[C@H](CC2CCCCC2)N(C)C(=O)[C@@H]2CCN2C(=O)[C@H](C)N(C)C1=O. The molecule has 0 spiro atoms. The zero-order valence-electron chi connectivity index (χ0n) is 56.0. The average molecular weight is 1290 g/mol.